The zero-order chi connectivity index (χ0) is 14.4. The summed E-state index contributed by atoms with van der Waals surface area (Å²) in [5.74, 6) is 1.24. The molecule has 0 spiro atoms. The number of likely N-dealkylation sites (N-methyl/N-ethyl adjacent to an activating group) is 1. The van der Waals surface area contributed by atoms with Crippen LogP contribution in [0, 0.1) is 0 Å². The molecule has 5 nitrogen and oxygen atoms in total. The van der Waals surface area contributed by atoms with Crippen molar-refractivity contribution in [1.29, 1.82) is 0 Å². The fourth-order valence-electron chi connectivity index (χ4n) is 1.72. The molecule has 19 heavy (non-hydrogen) atoms. The Bertz CT molecular complexity index is 452. The topological polar surface area (TPSA) is 64.8 Å². The van der Waals surface area contributed by atoms with Crippen LogP contribution in [0.5, 0.6) is 11.5 Å². The molecule has 106 valence electrons. The van der Waals surface area contributed by atoms with Crippen LogP contribution >= 0.6 is 11.8 Å². The lowest BCUT2D eigenvalue weighted by molar-refractivity contribution is -0.128. The maximum Gasteiger partial charge on any atom is 0.236 e. The van der Waals surface area contributed by atoms with E-state index in [9.17, 15) is 4.79 Å². The van der Waals surface area contributed by atoms with Gasteiger partial charge >= 0.3 is 0 Å². The van der Waals surface area contributed by atoms with Gasteiger partial charge in [-0.05, 0) is 24.0 Å². The highest BCUT2D eigenvalue weighted by molar-refractivity contribution is 7.98. The van der Waals surface area contributed by atoms with E-state index in [1.165, 1.54) is 0 Å². The number of rotatable bonds is 6. The fourth-order valence-corrected chi connectivity index (χ4v) is 2.33. The van der Waals surface area contributed by atoms with Crippen molar-refractivity contribution < 1.29 is 14.3 Å². The Hall–Kier alpha value is -1.40. The molecular weight excluding hydrogens is 264 g/mol. The van der Waals surface area contributed by atoms with Crippen molar-refractivity contribution in [2.75, 3.05) is 34.1 Å². The van der Waals surface area contributed by atoms with Crippen molar-refractivity contribution in [3.05, 3.63) is 17.7 Å². The molecule has 1 aromatic carbocycles. The second kappa shape index (κ2) is 7.25. The zero-order valence-electron chi connectivity index (χ0n) is 11.7. The van der Waals surface area contributed by atoms with Crippen LogP contribution in [0.3, 0.4) is 0 Å². The number of carbonyl (C=O) groups is 1. The van der Waals surface area contributed by atoms with Crippen LogP contribution in [0.2, 0.25) is 0 Å². The Balaban J connectivity index is 3.08. The maximum absolute atomic E-state index is 11.5. The van der Waals surface area contributed by atoms with E-state index in [-0.39, 0.29) is 12.5 Å². The molecule has 0 saturated carbocycles. The third kappa shape index (κ3) is 3.78. The van der Waals surface area contributed by atoms with Crippen LogP contribution in [-0.2, 0) is 11.3 Å². The van der Waals surface area contributed by atoms with E-state index in [0.29, 0.717) is 18.0 Å². The normalized spacial score (nSPS) is 10.2. The monoisotopic (exact) mass is 284 g/mol. The summed E-state index contributed by atoms with van der Waals surface area (Å²) in [4.78, 5) is 14.2. The molecule has 6 heteroatoms. The lowest BCUT2D eigenvalue weighted by atomic mass is 10.2. The molecule has 0 fully saturated rings. The average Bonchev–Trinajstić information content (AvgIpc) is 2.45. The Kier molecular flexibility index (Phi) is 5.98. The molecule has 0 aliphatic rings. The minimum absolute atomic E-state index is 0.0123. The van der Waals surface area contributed by atoms with Crippen LogP contribution in [0.15, 0.2) is 17.0 Å². The van der Waals surface area contributed by atoms with Gasteiger partial charge in [0, 0.05) is 18.5 Å². The first-order chi connectivity index (χ1) is 9.07. The highest BCUT2D eigenvalue weighted by Gasteiger charge is 2.14. The Morgan fingerprint density at radius 1 is 1.32 bits per heavy atom. The third-order valence-corrected chi connectivity index (χ3v) is 3.61. The van der Waals surface area contributed by atoms with Gasteiger partial charge in [0.15, 0.2) is 11.5 Å². The first-order valence-electron chi connectivity index (χ1n) is 5.80. The van der Waals surface area contributed by atoms with Crippen LogP contribution in [0.1, 0.15) is 5.56 Å². The predicted octanol–water partition coefficient (Wildman–Crippen LogP) is 1.34. The summed E-state index contributed by atoms with van der Waals surface area (Å²) in [6.07, 6.45) is 1.98. The van der Waals surface area contributed by atoms with Gasteiger partial charge in [-0.2, -0.15) is 0 Å². The molecule has 2 N–H and O–H groups in total. The Labute approximate surface area is 118 Å². The number of benzene rings is 1. The van der Waals surface area contributed by atoms with E-state index in [0.717, 1.165) is 10.5 Å². The first kappa shape index (κ1) is 15.7. The SMILES string of the molecule is COc1cc(CN(C)C(=O)CN)c(SC)cc1OC. The van der Waals surface area contributed by atoms with Gasteiger partial charge in [-0.25, -0.2) is 0 Å². The van der Waals surface area contributed by atoms with Crippen molar-refractivity contribution in [2.45, 2.75) is 11.4 Å². The maximum atomic E-state index is 11.5. The van der Waals surface area contributed by atoms with E-state index in [1.54, 1.807) is 37.9 Å². The number of carbonyl (C=O) groups excluding carboxylic acids is 1. The molecule has 1 aromatic rings. The highest BCUT2D eigenvalue weighted by atomic mass is 32.2. The molecular formula is C13H20N2O3S. The Morgan fingerprint density at radius 2 is 1.89 bits per heavy atom. The largest absolute Gasteiger partial charge is 0.493 e. The van der Waals surface area contributed by atoms with Crippen LogP contribution < -0.4 is 15.2 Å². The lowest BCUT2D eigenvalue weighted by Gasteiger charge is -2.19. The van der Waals surface area contributed by atoms with Gasteiger partial charge in [-0.1, -0.05) is 0 Å². The molecule has 0 heterocycles. The van der Waals surface area contributed by atoms with Crippen molar-refractivity contribution in [2.24, 2.45) is 5.73 Å². The van der Waals surface area contributed by atoms with E-state index in [4.69, 9.17) is 15.2 Å². The van der Waals surface area contributed by atoms with Crippen LogP contribution in [0.25, 0.3) is 0 Å². The van der Waals surface area contributed by atoms with Gasteiger partial charge in [-0.15, -0.1) is 11.8 Å². The molecule has 1 amide bonds. The van der Waals surface area contributed by atoms with Crippen molar-refractivity contribution in [1.82, 2.24) is 4.90 Å². The summed E-state index contributed by atoms with van der Waals surface area (Å²) >= 11 is 1.60. The fraction of sp³-hybridized carbons (Fsp3) is 0.462. The predicted molar refractivity (Wildman–Crippen MR) is 76.9 cm³/mol. The smallest absolute Gasteiger partial charge is 0.236 e. The molecule has 0 aromatic heterocycles. The number of hydrogen-bond acceptors (Lipinski definition) is 5. The number of methoxy groups -OCH3 is 2. The molecule has 0 saturated heterocycles. The van der Waals surface area contributed by atoms with Crippen molar-refractivity contribution in [3.8, 4) is 11.5 Å². The van der Waals surface area contributed by atoms with Gasteiger partial charge in [0.05, 0.1) is 20.8 Å². The summed E-state index contributed by atoms with van der Waals surface area (Å²) in [5.41, 5.74) is 6.37. The summed E-state index contributed by atoms with van der Waals surface area (Å²) in [5, 5.41) is 0. The standard InChI is InChI=1S/C13H20N2O3S/c1-15(13(16)7-14)8-9-5-10(17-2)11(18-3)6-12(9)19-4/h5-6H,7-8,14H2,1-4H3. The summed E-state index contributed by atoms with van der Waals surface area (Å²) in [6, 6.07) is 3.81. The molecule has 0 aliphatic carbocycles. The Morgan fingerprint density at radius 3 is 2.37 bits per heavy atom. The van der Waals surface area contributed by atoms with Crippen LogP contribution in [0.4, 0.5) is 0 Å². The summed E-state index contributed by atoms with van der Waals surface area (Å²) < 4.78 is 10.6. The molecule has 0 bridgehead atoms. The van der Waals surface area contributed by atoms with E-state index in [2.05, 4.69) is 0 Å². The van der Waals surface area contributed by atoms with Crippen molar-refractivity contribution in [3.63, 3.8) is 0 Å². The van der Waals surface area contributed by atoms with Crippen molar-refractivity contribution >= 4 is 17.7 Å². The molecule has 0 unspecified atom stereocenters. The summed E-state index contributed by atoms with van der Waals surface area (Å²) in [6.45, 7) is 0.505. The summed E-state index contributed by atoms with van der Waals surface area (Å²) in [7, 11) is 4.93. The second-order valence-corrected chi connectivity index (χ2v) is 4.82. The van der Waals surface area contributed by atoms with Gasteiger partial charge < -0.3 is 20.1 Å². The average molecular weight is 284 g/mol. The highest BCUT2D eigenvalue weighted by Crippen LogP contribution is 2.34. The second-order valence-electron chi connectivity index (χ2n) is 3.97. The quantitative estimate of drug-likeness (QED) is 0.799. The number of thioether (sulfide) groups is 1. The number of hydrogen-bond donors (Lipinski definition) is 1. The zero-order valence-corrected chi connectivity index (χ0v) is 12.5. The van der Waals surface area contributed by atoms with Gasteiger partial charge in [0.1, 0.15) is 0 Å². The van der Waals surface area contributed by atoms with Gasteiger partial charge in [-0.3, -0.25) is 4.79 Å². The minimum Gasteiger partial charge on any atom is -0.493 e. The number of nitrogens with two attached hydrogens (primary N) is 1. The molecule has 1 rings (SSSR count). The van der Waals surface area contributed by atoms with Gasteiger partial charge in [0.25, 0.3) is 0 Å². The number of nitrogens with zero attached hydrogens (tertiary/aromatic N) is 1. The van der Waals surface area contributed by atoms with Crippen LogP contribution in [-0.4, -0.2) is 44.9 Å². The molecule has 0 aliphatic heterocycles. The van der Waals surface area contributed by atoms with E-state index in [1.807, 2.05) is 18.4 Å². The molecule has 0 atom stereocenters. The minimum atomic E-state index is -0.0955. The molecule has 0 radical (unpaired) electrons. The van der Waals surface area contributed by atoms with Gasteiger partial charge in [0.2, 0.25) is 5.91 Å². The lowest BCUT2D eigenvalue weighted by Crippen LogP contribution is -2.32. The third-order valence-electron chi connectivity index (χ3n) is 2.79. The number of ether oxygens (including phenoxy) is 2. The van der Waals surface area contributed by atoms with E-state index < -0.39 is 0 Å². The number of amides is 1. The van der Waals surface area contributed by atoms with E-state index >= 15 is 0 Å². The first-order valence-corrected chi connectivity index (χ1v) is 7.02.